The monoisotopic (exact) mass is 228 g/mol. The Morgan fingerprint density at radius 1 is 1.33 bits per heavy atom. The van der Waals surface area contributed by atoms with Gasteiger partial charge < -0.3 is 4.90 Å². The lowest BCUT2D eigenvalue weighted by Gasteiger charge is -2.35. The third-order valence-electron chi connectivity index (χ3n) is 3.29. The van der Waals surface area contributed by atoms with Crippen LogP contribution in [-0.2, 0) is 0 Å². The lowest BCUT2D eigenvalue weighted by molar-refractivity contribution is 0.140. The van der Waals surface area contributed by atoms with E-state index in [-0.39, 0.29) is 0 Å². The van der Waals surface area contributed by atoms with E-state index in [9.17, 15) is 0 Å². The molecule has 88 valence electrons. The van der Waals surface area contributed by atoms with Crippen LogP contribution in [-0.4, -0.2) is 54.8 Å². The number of hydrogen-bond donors (Lipinski definition) is 1. The second kappa shape index (κ2) is 7.31. The average molecular weight is 228 g/mol. The minimum atomic E-state index is 0.775. The molecule has 1 saturated heterocycles. The molecule has 1 aliphatic heterocycles. The van der Waals surface area contributed by atoms with Crippen LogP contribution in [0.1, 0.15) is 19.8 Å². The molecule has 15 heavy (non-hydrogen) atoms. The van der Waals surface area contributed by atoms with Gasteiger partial charge in [0.1, 0.15) is 0 Å². The fourth-order valence-corrected chi connectivity index (χ4v) is 2.29. The fraction of sp³-hybridized carbons (Fsp3) is 0.833. The molecule has 1 fully saturated rings. The van der Waals surface area contributed by atoms with Gasteiger partial charge in [-0.3, -0.25) is 4.90 Å². The van der Waals surface area contributed by atoms with Crippen LogP contribution in [0, 0.1) is 0 Å². The molecule has 0 atom stereocenters. The van der Waals surface area contributed by atoms with Crippen LogP contribution in [0.3, 0.4) is 0 Å². The van der Waals surface area contributed by atoms with E-state index in [0.29, 0.717) is 0 Å². The van der Waals surface area contributed by atoms with Gasteiger partial charge in [0.25, 0.3) is 0 Å². The highest BCUT2D eigenvalue weighted by atomic mass is 32.1. The van der Waals surface area contributed by atoms with E-state index in [1.54, 1.807) is 0 Å². The van der Waals surface area contributed by atoms with Gasteiger partial charge in [-0.25, -0.2) is 0 Å². The van der Waals surface area contributed by atoms with Crippen molar-refractivity contribution in [2.45, 2.75) is 25.8 Å². The van der Waals surface area contributed by atoms with Crippen LogP contribution < -0.4 is 0 Å². The SMILES string of the molecule is CCN1CCC(N(C)CC=CCS)CC1. The molecule has 1 aliphatic rings. The molecule has 2 nitrogen and oxygen atoms in total. The third-order valence-corrected chi connectivity index (χ3v) is 3.50. The van der Waals surface area contributed by atoms with Crippen molar-refractivity contribution in [1.82, 2.24) is 9.80 Å². The first-order valence-corrected chi connectivity index (χ1v) is 6.59. The van der Waals surface area contributed by atoms with Crippen molar-refractivity contribution in [1.29, 1.82) is 0 Å². The van der Waals surface area contributed by atoms with Gasteiger partial charge in [0.05, 0.1) is 0 Å². The summed E-state index contributed by atoms with van der Waals surface area (Å²) in [7, 11) is 2.23. The topological polar surface area (TPSA) is 6.48 Å². The van der Waals surface area contributed by atoms with Crippen molar-refractivity contribution in [2.75, 3.05) is 39.0 Å². The van der Waals surface area contributed by atoms with Crippen molar-refractivity contribution in [3.05, 3.63) is 12.2 Å². The number of rotatable bonds is 5. The van der Waals surface area contributed by atoms with Crippen molar-refractivity contribution in [3.8, 4) is 0 Å². The van der Waals surface area contributed by atoms with Crippen molar-refractivity contribution < 1.29 is 0 Å². The van der Waals surface area contributed by atoms with Crippen molar-refractivity contribution in [2.24, 2.45) is 0 Å². The first kappa shape index (κ1) is 13.1. The van der Waals surface area contributed by atoms with Crippen LogP contribution in [0.25, 0.3) is 0 Å². The summed E-state index contributed by atoms with van der Waals surface area (Å²) in [5.74, 6) is 0.849. The zero-order valence-corrected chi connectivity index (χ0v) is 10.9. The number of hydrogen-bond acceptors (Lipinski definition) is 3. The molecule has 1 heterocycles. The molecule has 0 bridgehead atoms. The number of likely N-dealkylation sites (tertiary alicyclic amines) is 1. The first-order valence-electron chi connectivity index (χ1n) is 5.96. The Morgan fingerprint density at radius 2 is 2.00 bits per heavy atom. The highest BCUT2D eigenvalue weighted by molar-refractivity contribution is 7.80. The van der Waals surface area contributed by atoms with Crippen LogP contribution in [0.4, 0.5) is 0 Å². The van der Waals surface area contributed by atoms with E-state index in [0.717, 1.165) is 18.3 Å². The molecule has 0 saturated carbocycles. The quantitative estimate of drug-likeness (QED) is 0.567. The summed E-state index contributed by atoms with van der Waals surface area (Å²) in [6, 6.07) is 0.775. The van der Waals surface area contributed by atoms with Gasteiger partial charge in [-0.2, -0.15) is 12.6 Å². The largest absolute Gasteiger partial charge is 0.303 e. The maximum Gasteiger partial charge on any atom is 0.0163 e. The van der Waals surface area contributed by atoms with Gasteiger partial charge in [0.15, 0.2) is 0 Å². The molecule has 0 aromatic heterocycles. The number of piperidine rings is 1. The second-order valence-electron chi connectivity index (χ2n) is 4.26. The Kier molecular flexibility index (Phi) is 6.37. The molecule has 0 aromatic carbocycles. The van der Waals surface area contributed by atoms with Crippen molar-refractivity contribution in [3.63, 3.8) is 0 Å². The number of likely N-dealkylation sites (N-methyl/N-ethyl adjacent to an activating group) is 1. The highest BCUT2D eigenvalue weighted by Gasteiger charge is 2.20. The molecular weight excluding hydrogens is 204 g/mol. The molecule has 0 N–H and O–H groups in total. The summed E-state index contributed by atoms with van der Waals surface area (Å²) >= 11 is 4.16. The fourth-order valence-electron chi connectivity index (χ4n) is 2.14. The zero-order valence-electron chi connectivity index (χ0n) is 10.0. The van der Waals surface area contributed by atoms with E-state index < -0.39 is 0 Å². The molecule has 1 rings (SSSR count). The first-order chi connectivity index (χ1) is 7.27. The standard InChI is InChI=1S/C12H24N2S/c1-3-14-9-6-12(7-10-14)13(2)8-4-5-11-15/h4-5,12,15H,3,6-11H2,1-2H3. The molecule has 0 unspecified atom stereocenters. The smallest absolute Gasteiger partial charge is 0.0163 e. The summed E-state index contributed by atoms with van der Waals surface area (Å²) in [5, 5.41) is 0. The van der Waals surface area contributed by atoms with Crippen LogP contribution in [0.5, 0.6) is 0 Å². The van der Waals surface area contributed by atoms with Crippen LogP contribution >= 0.6 is 12.6 Å². The molecule has 0 aromatic rings. The Hall–Kier alpha value is 0.01000. The van der Waals surface area contributed by atoms with E-state index >= 15 is 0 Å². The predicted molar refractivity (Wildman–Crippen MR) is 70.8 cm³/mol. The summed E-state index contributed by atoms with van der Waals surface area (Å²) in [5.41, 5.74) is 0. The molecule has 0 spiro atoms. The summed E-state index contributed by atoms with van der Waals surface area (Å²) in [6.45, 7) is 7.05. The highest BCUT2D eigenvalue weighted by Crippen LogP contribution is 2.14. The lowest BCUT2D eigenvalue weighted by Crippen LogP contribution is -2.43. The van der Waals surface area contributed by atoms with Gasteiger partial charge in [-0.05, 0) is 39.5 Å². The van der Waals surface area contributed by atoms with Gasteiger partial charge in [-0.15, -0.1) is 0 Å². The predicted octanol–water partition coefficient (Wildman–Crippen LogP) is 1.89. The summed E-state index contributed by atoms with van der Waals surface area (Å²) in [4.78, 5) is 5.00. The Balaban J connectivity index is 2.23. The molecule has 3 heteroatoms. The Labute approximate surface area is 99.7 Å². The van der Waals surface area contributed by atoms with Gasteiger partial charge >= 0.3 is 0 Å². The summed E-state index contributed by atoms with van der Waals surface area (Å²) < 4.78 is 0. The maximum atomic E-state index is 4.16. The zero-order chi connectivity index (χ0) is 11.1. The Bertz CT molecular complexity index is 186. The minimum absolute atomic E-state index is 0.775. The average Bonchev–Trinajstić information content (AvgIpc) is 2.29. The Morgan fingerprint density at radius 3 is 2.53 bits per heavy atom. The second-order valence-corrected chi connectivity index (χ2v) is 4.62. The molecular formula is C12H24N2S. The summed E-state index contributed by atoms with van der Waals surface area (Å²) in [6.07, 6.45) is 6.98. The molecule has 0 aliphatic carbocycles. The molecule has 0 radical (unpaired) electrons. The van der Waals surface area contributed by atoms with Crippen LogP contribution in [0.2, 0.25) is 0 Å². The maximum absolute atomic E-state index is 4.16. The lowest BCUT2D eigenvalue weighted by atomic mass is 10.0. The van der Waals surface area contributed by atoms with E-state index in [2.05, 4.69) is 48.6 Å². The van der Waals surface area contributed by atoms with Gasteiger partial charge in [-0.1, -0.05) is 19.1 Å². The molecule has 0 amide bonds. The van der Waals surface area contributed by atoms with E-state index in [1.165, 1.54) is 32.5 Å². The normalized spacial score (nSPS) is 20.5. The van der Waals surface area contributed by atoms with Gasteiger partial charge in [0.2, 0.25) is 0 Å². The number of nitrogens with zero attached hydrogens (tertiary/aromatic N) is 2. The van der Waals surface area contributed by atoms with E-state index in [4.69, 9.17) is 0 Å². The number of thiol groups is 1. The van der Waals surface area contributed by atoms with E-state index in [1.807, 2.05) is 0 Å². The van der Waals surface area contributed by atoms with Crippen LogP contribution in [0.15, 0.2) is 12.2 Å². The minimum Gasteiger partial charge on any atom is -0.303 e. The van der Waals surface area contributed by atoms with Crippen molar-refractivity contribution >= 4 is 12.6 Å². The van der Waals surface area contributed by atoms with Gasteiger partial charge in [0, 0.05) is 18.3 Å². The third kappa shape index (κ3) is 4.58.